The van der Waals surface area contributed by atoms with E-state index in [0.717, 1.165) is 0 Å². The minimum Gasteiger partial charge on any atom is -0.481 e. The van der Waals surface area contributed by atoms with Gasteiger partial charge in [-0.25, -0.2) is 4.79 Å². The van der Waals surface area contributed by atoms with Crippen molar-refractivity contribution < 1.29 is 19.4 Å². The van der Waals surface area contributed by atoms with E-state index in [1.165, 1.54) is 0 Å². The minimum absolute atomic E-state index is 0.157. The van der Waals surface area contributed by atoms with Crippen molar-refractivity contribution in [3.8, 4) is 0 Å². The number of hydrogen-bond acceptors (Lipinski definition) is 3. The molecule has 0 rings (SSSR count). The van der Waals surface area contributed by atoms with Gasteiger partial charge >= 0.3 is 12.0 Å². The molecule has 1 unspecified atom stereocenters. The maximum atomic E-state index is 11.6. The number of urea groups is 1. The Bertz CT molecular complexity index is 282. The lowest BCUT2D eigenvalue weighted by molar-refractivity contribution is -0.141. The van der Waals surface area contributed by atoms with E-state index in [4.69, 9.17) is 9.84 Å². The lowest BCUT2D eigenvalue weighted by Crippen LogP contribution is -2.39. The average Bonchev–Trinajstić information content (AvgIpc) is 2.33. The van der Waals surface area contributed by atoms with Crippen molar-refractivity contribution in [3.63, 3.8) is 0 Å². The molecular formula is C13H26N2O4. The summed E-state index contributed by atoms with van der Waals surface area (Å²) < 4.78 is 5.36. The molecule has 0 fully saturated rings. The molecule has 2 N–H and O–H groups in total. The number of aliphatic carboxylic acids is 1. The summed E-state index contributed by atoms with van der Waals surface area (Å²) in [4.78, 5) is 23.8. The molecule has 0 aliphatic carbocycles. The Labute approximate surface area is 115 Å². The Kier molecular flexibility index (Phi) is 8.95. The van der Waals surface area contributed by atoms with Crippen LogP contribution in [0.25, 0.3) is 0 Å². The van der Waals surface area contributed by atoms with E-state index in [1.807, 2.05) is 13.8 Å². The Hall–Kier alpha value is -1.30. The normalized spacial score (nSPS) is 12.3. The maximum absolute atomic E-state index is 11.6. The van der Waals surface area contributed by atoms with Gasteiger partial charge in [-0.15, -0.1) is 0 Å². The summed E-state index contributed by atoms with van der Waals surface area (Å²) in [5.74, 6) is -1.16. The van der Waals surface area contributed by atoms with Gasteiger partial charge in [-0.2, -0.15) is 0 Å². The Balaban J connectivity index is 3.65. The highest BCUT2D eigenvalue weighted by Crippen LogP contribution is 2.04. The number of nitrogens with zero attached hydrogens (tertiary/aromatic N) is 1. The van der Waals surface area contributed by atoms with Crippen LogP contribution in [0.1, 0.15) is 33.6 Å². The van der Waals surface area contributed by atoms with Crippen LogP contribution >= 0.6 is 0 Å². The lowest BCUT2D eigenvalue weighted by Gasteiger charge is -2.18. The fourth-order valence-corrected chi connectivity index (χ4v) is 1.39. The first-order valence-corrected chi connectivity index (χ1v) is 6.68. The van der Waals surface area contributed by atoms with Gasteiger partial charge in [0.1, 0.15) is 0 Å². The summed E-state index contributed by atoms with van der Waals surface area (Å²) >= 11 is 0. The molecule has 0 aromatic heterocycles. The predicted octanol–water partition coefficient (Wildman–Crippen LogP) is 1.55. The second-order valence-corrected chi connectivity index (χ2v) is 4.95. The fraction of sp³-hybridized carbons (Fsp3) is 0.846. The van der Waals surface area contributed by atoms with Gasteiger partial charge in [0, 0.05) is 20.1 Å². The standard InChI is InChI=1S/C13H26N2O4/c1-10(2)19-9-8-15(4)13(18)14-7-5-6-11(3)12(16)17/h10-11H,5-9H2,1-4H3,(H,14,18)(H,16,17). The van der Waals surface area contributed by atoms with E-state index >= 15 is 0 Å². The van der Waals surface area contributed by atoms with Gasteiger partial charge in [0.25, 0.3) is 0 Å². The number of carbonyl (C=O) groups is 2. The second-order valence-electron chi connectivity index (χ2n) is 4.95. The number of hydrogen-bond donors (Lipinski definition) is 2. The monoisotopic (exact) mass is 274 g/mol. The van der Waals surface area contributed by atoms with Crippen LogP contribution in [-0.4, -0.2) is 54.9 Å². The minimum atomic E-state index is -0.797. The molecule has 112 valence electrons. The highest BCUT2D eigenvalue weighted by atomic mass is 16.5. The summed E-state index contributed by atoms with van der Waals surface area (Å²) in [7, 11) is 1.71. The van der Waals surface area contributed by atoms with Crippen LogP contribution in [-0.2, 0) is 9.53 Å². The molecule has 19 heavy (non-hydrogen) atoms. The zero-order valence-corrected chi connectivity index (χ0v) is 12.3. The number of ether oxygens (including phenoxy) is 1. The van der Waals surface area contributed by atoms with Gasteiger partial charge in [0.2, 0.25) is 0 Å². The smallest absolute Gasteiger partial charge is 0.317 e. The van der Waals surface area contributed by atoms with Gasteiger partial charge in [0.15, 0.2) is 0 Å². The lowest BCUT2D eigenvalue weighted by atomic mass is 10.1. The van der Waals surface area contributed by atoms with Crippen molar-refractivity contribution in [2.45, 2.75) is 39.7 Å². The van der Waals surface area contributed by atoms with Crippen LogP contribution in [0, 0.1) is 5.92 Å². The average molecular weight is 274 g/mol. The highest BCUT2D eigenvalue weighted by molar-refractivity contribution is 5.73. The number of nitrogens with one attached hydrogen (secondary N) is 1. The van der Waals surface area contributed by atoms with Gasteiger partial charge < -0.3 is 20.1 Å². The van der Waals surface area contributed by atoms with Gasteiger partial charge in [0.05, 0.1) is 18.6 Å². The van der Waals surface area contributed by atoms with Crippen molar-refractivity contribution in [1.29, 1.82) is 0 Å². The van der Waals surface area contributed by atoms with Crippen molar-refractivity contribution in [1.82, 2.24) is 10.2 Å². The molecule has 0 aliphatic heterocycles. The van der Waals surface area contributed by atoms with Crippen molar-refractivity contribution in [2.24, 2.45) is 5.92 Å². The number of carboxylic acid groups (broad SMARTS) is 1. The van der Waals surface area contributed by atoms with Crippen LogP contribution in [0.3, 0.4) is 0 Å². The highest BCUT2D eigenvalue weighted by Gasteiger charge is 2.11. The van der Waals surface area contributed by atoms with Crippen molar-refractivity contribution >= 4 is 12.0 Å². The van der Waals surface area contributed by atoms with E-state index in [0.29, 0.717) is 32.5 Å². The quantitative estimate of drug-likeness (QED) is 0.625. The molecule has 0 saturated carbocycles. The van der Waals surface area contributed by atoms with Gasteiger partial charge in [-0.1, -0.05) is 6.92 Å². The topological polar surface area (TPSA) is 78.9 Å². The molecule has 0 saturated heterocycles. The fourth-order valence-electron chi connectivity index (χ4n) is 1.39. The summed E-state index contributed by atoms with van der Waals surface area (Å²) in [5.41, 5.74) is 0. The number of carboxylic acids is 1. The van der Waals surface area contributed by atoms with Gasteiger partial charge in [-0.3, -0.25) is 4.79 Å². The summed E-state index contributed by atoms with van der Waals surface area (Å²) in [6, 6.07) is -0.157. The predicted molar refractivity (Wildman–Crippen MR) is 73.2 cm³/mol. The number of rotatable bonds is 9. The van der Waals surface area contributed by atoms with Crippen molar-refractivity contribution in [3.05, 3.63) is 0 Å². The van der Waals surface area contributed by atoms with Crippen LogP contribution in [0.15, 0.2) is 0 Å². The molecule has 0 aromatic rings. The number of amides is 2. The molecule has 0 aliphatic rings. The second kappa shape index (κ2) is 9.61. The first-order chi connectivity index (χ1) is 8.84. The summed E-state index contributed by atoms with van der Waals surface area (Å²) in [6.07, 6.45) is 1.39. The van der Waals surface area contributed by atoms with E-state index in [1.54, 1.807) is 18.9 Å². The molecule has 0 radical (unpaired) electrons. The first-order valence-electron chi connectivity index (χ1n) is 6.68. The number of carbonyl (C=O) groups excluding carboxylic acids is 1. The molecule has 6 heteroatoms. The summed E-state index contributed by atoms with van der Waals surface area (Å²) in [5, 5.41) is 11.5. The van der Waals surface area contributed by atoms with E-state index in [2.05, 4.69) is 5.32 Å². The number of likely N-dealkylation sites (N-methyl/N-ethyl adjacent to an activating group) is 1. The van der Waals surface area contributed by atoms with E-state index in [9.17, 15) is 9.59 Å². The molecule has 2 amide bonds. The zero-order valence-electron chi connectivity index (χ0n) is 12.3. The SMILES string of the molecule is CC(C)OCCN(C)C(=O)NCCCC(C)C(=O)O. The molecule has 0 bridgehead atoms. The van der Waals surface area contributed by atoms with Crippen LogP contribution < -0.4 is 5.32 Å². The first kappa shape index (κ1) is 17.7. The third-order valence-electron chi connectivity index (χ3n) is 2.74. The Morgan fingerprint density at radius 3 is 2.47 bits per heavy atom. The molecule has 0 aromatic carbocycles. The molecule has 0 heterocycles. The molecule has 0 spiro atoms. The van der Waals surface area contributed by atoms with Crippen LogP contribution in [0.4, 0.5) is 4.79 Å². The molecule has 6 nitrogen and oxygen atoms in total. The molecular weight excluding hydrogens is 248 g/mol. The summed E-state index contributed by atoms with van der Waals surface area (Å²) in [6.45, 7) is 7.10. The van der Waals surface area contributed by atoms with Crippen LogP contribution in [0.2, 0.25) is 0 Å². The Morgan fingerprint density at radius 2 is 1.95 bits per heavy atom. The third kappa shape index (κ3) is 9.30. The zero-order chi connectivity index (χ0) is 14.8. The Morgan fingerprint density at radius 1 is 1.32 bits per heavy atom. The van der Waals surface area contributed by atoms with E-state index < -0.39 is 5.97 Å². The molecule has 1 atom stereocenters. The largest absolute Gasteiger partial charge is 0.481 e. The van der Waals surface area contributed by atoms with Crippen LogP contribution in [0.5, 0.6) is 0 Å². The van der Waals surface area contributed by atoms with Gasteiger partial charge in [-0.05, 0) is 26.7 Å². The maximum Gasteiger partial charge on any atom is 0.317 e. The third-order valence-corrected chi connectivity index (χ3v) is 2.74. The van der Waals surface area contributed by atoms with Crippen molar-refractivity contribution in [2.75, 3.05) is 26.7 Å². The van der Waals surface area contributed by atoms with E-state index in [-0.39, 0.29) is 18.1 Å².